The van der Waals surface area contributed by atoms with Crippen LogP contribution < -0.4 is 15.4 Å². The lowest BCUT2D eigenvalue weighted by Gasteiger charge is -2.30. The van der Waals surface area contributed by atoms with Gasteiger partial charge in [-0.1, -0.05) is 11.6 Å². The Hall–Kier alpha value is -2.57. The summed E-state index contributed by atoms with van der Waals surface area (Å²) in [5.41, 5.74) is 0.392. The van der Waals surface area contributed by atoms with Gasteiger partial charge in [-0.3, -0.25) is 9.59 Å². The van der Waals surface area contributed by atoms with E-state index in [1.807, 2.05) is 0 Å². The van der Waals surface area contributed by atoms with E-state index in [0.29, 0.717) is 16.3 Å². The number of ketones is 1. The summed E-state index contributed by atoms with van der Waals surface area (Å²) in [6.07, 6.45) is 1.60. The lowest BCUT2D eigenvalue weighted by molar-refractivity contribution is -0.124. The van der Waals surface area contributed by atoms with Gasteiger partial charge in [0.1, 0.15) is 18.1 Å². The molecule has 28 heavy (non-hydrogen) atoms. The molecule has 3 rings (SSSR count). The number of hydrogen-bond acceptors (Lipinski definition) is 5. The van der Waals surface area contributed by atoms with Crippen LogP contribution in [0.1, 0.15) is 23.2 Å². The number of carbonyl (C=O) groups is 2. The number of ether oxygens (including phenoxy) is 1. The zero-order valence-corrected chi connectivity index (χ0v) is 16.1. The van der Waals surface area contributed by atoms with Crippen LogP contribution >= 0.6 is 11.6 Å². The van der Waals surface area contributed by atoms with Crippen LogP contribution in [0.15, 0.2) is 48.5 Å². The van der Waals surface area contributed by atoms with E-state index in [1.54, 1.807) is 24.3 Å². The second-order valence-corrected chi connectivity index (χ2v) is 7.23. The Morgan fingerprint density at radius 1 is 1.11 bits per heavy atom. The third-order valence-corrected chi connectivity index (χ3v) is 5.06. The molecule has 1 saturated heterocycles. The Kier molecular flexibility index (Phi) is 6.90. The second kappa shape index (κ2) is 9.57. The number of nitrogens with one attached hydrogen (secondary N) is 2. The van der Waals surface area contributed by atoms with Gasteiger partial charge < -0.3 is 20.5 Å². The predicted molar refractivity (Wildman–Crippen MR) is 107 cm³/mol. The van der Waals surface area contributed by atoms with E-state index in [-0.39, 0.29) is 30.0 Å². The number of rotatable bonds is 7. The molecule has 1 fully saturated rings. The molecule has 1 aliphatic rings. The van der Waals surface area contributed by atoms with E-state index in [9.17, 15) is 14.7 Å². The molecule has 0 bridgehead atoms. The van der Waals surface area contributed by atoms with Crippen LogP contribution in [0.5, 0.6) is 11.5 Å². The Morgan fingerprint density at radius 2 is 1.75 bits per heavy atom. The largest absolute Gasteiger partial charge is 0.508 e. The molecule has 0 spiro atoms. The van der Waals surface area contributed by atoms with E-state index in [2.05, 4.69) is 10.6 Å². The van der Waals surface area contributed by atoms with Crippen molar-refractivity contribution in [2.24, 2.45) is 5.92 Å². The minimum Gasteiger partial charge on any atom is -0.508 e. The van der Waals surface area contributed by atoms with Gasteiger partial charge in [0, 0.05) is 10.6 Å². The van der Waals surface area contributed by atoms with Gasteiger partial charge in [0.05, 0.1) is 6.04 Å². The Labute approximate surface area is 168 Å². The first-order chi connectivity index (χ1) is 13.5. The summed E-state index contributed by atoms with van der Waals surface area (Å²) in [4.78, 5) is 25.5. The maximum atomic E-state index is 12.9. The van der Waals surface area contributed by atoms with Crippen molar-refractivity contribution in [2.75, 3.05) is 19.7 Å². The summed E-state index contributed by atoms with van der Waals surface area (Å²) in [6, 6.07) is 12.1. The zero-order valence-electron chi connectivity index (χ0n) is 15.4. The monoisotopic (exact) mass is 402 g/mol. The molecule has 0 aromatic heterocycles. The van der Waals surface area contributed by atoms with Gasteiger partial charge in [-0.05, 0) is 80.4 Å². The average Bonchev–Trinajstić information content (AvgIpc) is 2.72. The third-order valence-electron chi connectivity index (χ3n) is 4.81. The topological polar surface area (TPSA) is 87.7 Å². The van der Waals surface area contributed by atoms with E-state index < -0.39 is 6.04 Å². The summed E-state index contributed by atoms with van der Waals surface area (Å²) in [5, 5.41) is 16.1. The van der Waals surface area contributed by atoms with E-state index in [1.165, 1.54) is 24.3 Å². The number of halogens is 1. The number of hydrogen-bond donors (Lipinski definition) is 3. The van der Waals surface area contributed by atoms with E-state index in [4.69, 9.17) is 16.3 Å². The first-order valence-electron chi connectivity index (χ1n) is 9.24. The first kappa shape index (κ1) is 20.2. The molecule has 1 heterocycles. The lowest BCUT2D eigenvalue weighted by Crippen LogP contribution is -2.50. The molecule has 0 aliphatic carbocycles. The van der Waals surface area contributed by atoms with Crippen molar-refractivity contribution >= 4 is 23.3 Å². The smallest absolute Gasteiger partial charge is 0.251 e. The summed E-state index contributed by atoms with van der Waals surface area (Å²) in [6.45, 7) is 1.48. The van der Waals surface area contributed by atoms with Crippen LogP contribution in [0.25, 0.3) is 0 Å². The third kappa shape index (κ3) is 5.47. The summed E-state index contributed by atoms with van der Waals surface area (Å²) in [7, 11) is 0. The number of phenols is 1. The number of Topliss-reactive ketones (excluding diaryl/α,β-unsaturated/α-hetero) is 1. The number of phenolic OH excluding ortho intramolecular Hbond substituents is 1. The van der Waals surface area contributed by atoms with Crippen molar-refractivity contribution in [3.8, 4) is 11.5 Å². The van der Waals surface area contributed by atoms with Crippen LogP contribution in [-0.2, 0) is 4.79 Å². The fourth-order valence-electron chi connectivity index (χ4n) is 3.25. The number of piperidine rings is 1. The first-order valence-corrected chi connectivity index (χ1v) is 9.62. The van der Waals surface area contributed by atoms with Crippen molar-refractivity contribution in [1.29, 1.82) is 0 Å². The highest BCUT2D eigenvalue weighted by molar-refractivity contribution is 6.30. The van der Waals surface area contributed by atoms with Gasteiger partial charge >= 0.3 is 0 Å². The van der Waals surface area contributed by atoms with Gasteiger partial charge in [-0.15, -0.1) is 0 Å². The molecule has 148 valence electrons. The molecular weight excluding hydrogens is 380 g/mol. The highest BCUT2D eigenvalue weighted by Crippen LogP contribution is 2.20. The normalized spacial score (nSPS) is 15.6. The molecule has 3 N–H and O–H groups in total. The Balaban J connectivity index is 1.68. The van der Waals surface area contributed by atoms with E-state index in [0.717, 1.165) is 25.9 Å². The molecular formula is C21H23ClN2O4. The highest BCUT2D eigenvalue weighted by atomic mass is 35.5. The summed E-state index contributed by atoms with van der Waals surface area (Å²) >= 11 is 5.86. The number of carbonyl (C=O) groups excluding carboxylic acids is 2. The molecule has 1 amide bonds. The van der Waals surface area contributed by atoms with Crippen LogP contribution in [0, 0.1) is 5.92 Å². The fraction of sp³-hybridized carbons (Fsp3) is 0.333. The van der Waals surface area contributed by atoms with Crippen LogP contribution in [0.4, 0.5) is 0 Å². The number of amides is 1. The minimum absolute atomic E-state index is 0.0450. The van der Waals surface area contributed by atoms with Crippen molar-refractivity contribution < 1.29 is 19.4 Å². The summed E-state index contributed by atoms with van der Waals surface area (Å²) < 4.78 is 5.59. The Bertz CT molecular complexity index is 802. The maximum Gasteiger partial charge on any atom is 0.251 e. The average molecular weight is 403 g/mol. The summed E-state index contributed by atoms with van der Waals surface area (Å²) in [5.74, 6) is 0.159. The van der Waals surface area contributed by atoms with Gasteiger partial charge in [0.25, 0.3) is 5.91 Å². The molecule has 2 aromatic carbocycles. The van der Waals surface area contributed by atoms with Crippen molar-refractivity contribution in [3.05, 3.63) is 59.1 Å². The molecule has 0 saturated carbocycles. The molecule has 7 heteroatoms. The van der Waals surface area contributed by atoms with Crippen LogP contribution in [0.2, 0.25) is 5.02 Å². The molecule has 2 aromatic rings. The second-order valence-electron chi connectivity index (χ2n) is 6.79. The SMILES string of the molecule is O=C(NC(C(=O)COc1ccc(Cl)cc1)C1CCNCC1)c1ccc(O)cc1. The van der Waals surface area contributed by atoms with E-state index >= 15 is 0 Å². The number of aromatic hydroxyl groups is 1. The van der Waals surface area contributed by atoms with Gasteiger partial charge in [0.2, 0.25) is 0 Å². The van der Waals surface area contributed by atoms with Crippen molar-refractivity contribution in [3.63, 3.8) is 0 Å². The minimum atomic E-state index is -0.629. The Morgan fingerprint density at radius 3 is 2.39 bits per heavy atom. The standard InChI is InChI=1S/C21H23ClN2O4/c22-16-3-7-18(8-4-16)28-13-19(26)20(14-9-11-23-12-10-14)24-21(27)15-1-5-17(25)6-2-15/h1-8,14,20,23,25H,9-13H2,(H,24,27). The van der Waals surface area contributed by atoms with Crippen LogP contribution in [-0.4, -0.2) is 42.5 Å². The van der Waals surface area contributed by atoms with Gasteiger partial charge in [0.15, 0.2) is 5.78 Å². The quantitative estimate of drug-likeness (QED) is 0.662. The number of benzene rings is 2. The predicted octanol–water partition coefficient (Wildman–Crippen LogP) is 2.79. The maximum absolute atomic E-state index is 12.9. The molecule has 6 nitrogen and oxygen atoms in total. The van der Waals surface area contributed by atoms with Crippen LogP contribution in [0.3, 0.4) is 0 Å². The molecule has 1 atom stereocenters. The zero-order chi connectivity index (χ0) is 19.9. The highest BCUT2D eigenvalue weighted by Gasteiger charge is 2.31. The lowest BCUT2D eigenvalue weighted by atomic mass is 9.87. The molecule has 0 radical (unpaired) electrons. The van der Waals surface area contributed by atoms with Gasteiger partial charge in [-0.25, -0.2) is 0 Å². The molecule has 1 unspecified atom stereocenters. The molecule has 1 aliphatic heterocycles. The van der Waals surface area contributed by atoms with Crippen molar-refractivity contribution in [1.82, 2.24) is 10.6 Å². The fourth-order valence-corrected chi connectivity index (χ4v) is 3.38. The van der Waals surface area contributed by atoms with Crippen molar-refractivity contribution in [2.45, 2.75) is 18.9 Å². The van der Waals surface area contributed by atoms with Gasteiger partial charge in [-0.2, -0.15) is 0 Å².